The predicted octanol–water partition coefficient (Wildman–Crippen LogP) is 7.75. The lowest BCUT2D eigenvalue weighted by Crippen LogP contribution is -2.69. The fourth-order valence-electron chi connectivity index (χ4n) is 7.15. The molecular formula is C35H36ClF6N3O6S. The summed E-state index contributed by atoms with van der Waals surface area (Å²) < 4.78 is 95.0. The molecule has 0 spiro atoms. The summed E-state index contributed by atoms with van der Waals surface area (Å²) in [6.07, 6.45) is -8.30. The Morgan fingerprint density at radius 2 is 1.85 bits per heavy atom. The lowest BCUT2D eigenvalue weighted by molar-refractivity contribution is -0.164. The minimum Gasteiger partial charge on any atom is -0.481 e. The maximum Gasteiger partial charge on any atom is 0.425 e. The highest BCUT2D eigenvalue weighted by Crippen LogP contribution is 2.44. The maximum atomic E-state index is 15.3. The third-order valence-corrected chi connectivity index (χ3v) is 10.6. The van der Waals surface area contributed by atoms with E-state index >= 15 is 4.79 Å². The molecule has 4 heterocycles. The van der Waals surface area contributed by atoms with E-state index in [0.717, 1.165) is 40.2 Å². The highest BCUT2D eigenvalue weighted by atomic mass is 35.5. The molecule has 1 aromatic carbocycles. The van der Waals surface area contributed by atoms with E-state index in [2.05, 4.69) is 4.98 Å². The molecule has 5 rings (SSSR count). The predicted molar refractivity (Wildman–Crippen MR) is 178 cm³/mol. The normalized spacial score (nSPS) is 21.4. The molecule has 0 saturated carbocycles. The van der Waals surface area contributed by atoms with E-state index < -0.39 is 69.9 Å². The number of hydrogen-bond acceptors (Lipinski definition) is 7. The van der Waals surface area contributed by atoms with E-state index in [4.69, 9.17) is 21.1 Å². The van der Waals surface area contributed by atoms with Gasteiger partial charge in [0.2, 0.25) is 5.60 Å². The van der Waals surface area contributed by atoms with Crippen molar-refractivity contribution in [2.24, 2.45) is 5.92 Å². The molecule has 9 nitrogen and oxygen atoms in total. The van der Waals surface area contributed by atoms with Gasteiger partial charge < -0.3 is 24.4 Å². The first-order valence-electron chi connectivity index (χ1n) is 16.5. The molecule has 17 heteroatoms. The van der Waals surface area contributed by atoms with Crippen molar-refractivity contribution in [2.45, 2.75) is 82.0 Å². The van der Waals surface area contributed by atoms with Crippen LogP contribution in [0.1, 0.15) is 71.1 Å². The molecule has 0 bridgehead atoms. The molecule has 1 fully saturated rings. The van der Waals surface area contributed by atoms with Crippen molar-refractivity contribution in [3.8, 4) is 5.75 Å². The summed E-state index contributed by atoms with van der Waals surface area (Å²) in [5, 5.41) is 11.5. The van der Waals surface area contributed by atoms with E-state index in [1.165, 1.54) is 12.0 Å². The number of alkyl halides is 6. The number of carbonyl (C=O) groups excluding carboxylic acids is 2. The maximum absolute atomic E-state index is 15.3. The van der Waals surface area contributed by atoms with Crippen LogP contribution in [0.3, 0.4) is 0 Å². The Bertz CT molecular complexity index is 1790. The molecule has 2 aliphatic heterocycles. The number of rotatable bonds is 11. The summed E-state index contributed by atoms with van der Waals surface area (Å²) in [6, 6.07) is 5.49. The lowest BCUT2D eigenvalue weighted by atomic mass is 9.78. The standard InChI is InChI=1S/C35H36ClF6N3O6S/c1-3-6-27-33(51-25-16-28(52-19-25)35(40,41)42,10-5-12-44(27)30(46)29-26(34(37,38)39)7-4-11-43-29)32(49)45-17-20-8-9-23(36)13-21(20)14-24(45)15-22(18-50-2)31(47)48/h4,7-9,11,13,16,19,22,24,27H,3,5-6,10,12,14-15,17-18H2,1-2H3,(H,47,48)/t22?,24-,27-,33+/m1/s1. The van der Waals surface area contributed by atoms with Crippen molar-refractivity contribution in [1.29, 1.82) is 0 Å². The molecule has 52 heavy (non-hydrogen) atoms. The Labute approximate surface area is 304 Å². The molecule has 2 aromatic heterocycles. The number of aliphatic carboxylic acids is 1. The number of carboxylic acid groups (broad SMARTS) is 1. The van der Waals surface area contributed by atoms with E-state index in [9.17, 15) is 41.0 Å². The number of carbonyl (C=O) groups is 3. The molecule has 4 atom stereocenters. The summed E-state index contributed by atoms with van der Waals surface area (Å²) in [4.78, 5) is 47.0. The van der Waals surface area contributed by atoms with Crippen molar-refractivity contribution in [3.63, 3.8) is 0 Å². The highest BCUT2D eigenvalue weighted by molar-refractivity contribution is 7.10. The fourth-order valence-corrected chi connectivity index (χ4v) is 8.02. The smallest absolute Gasteiger partial charge is 0.425 e. The van der Waals surface area contributed by atoms with Gasteiger partial charge in [0.25, 0.3) is 11.8 Å². The molecule has 2 aliphatic rings. The lowest BCUT2D eigenvalue weighted by Gasteiger charge is -2.51. The van der Waals surface area contributed by atoms with Gasteiger partial charge in [-0.05, 0) is 61.1 Å². The average molecular weight is 776 g/mol. The third-order valence-electron chi connectivity index (χ3n) is 9.46. The zero-order valence-electron chi connectivity index (χ0n) is 28.1. The summed E-state index contributed by atoms with van der Waals surface area (Å²) in [7, 11) is 1.34. The van der Waals surface area contributed by atoms with Gasteiger partial charge in [0.1, 0.15) is 16.3 Å². The number of ether oxygens (including phenoxy) is 2. The Morgan fingerprint density at radius 3 is 2.48 bits per heavy atom. The van der Waals surface area contributed by atoms with Crippen LogP contribution in [0.25, 0.3) is 0 Å². The molecule has 282 valence electrons. The Kier molecular flexibility index (Phi) is 11.8. The van der Waals surface area contributed by atoms with E-state index in [0.29, 0.717) is 28.3 Å². The van der Waals surface area contributed by atoms with Crippen LogP contribution in [0.15, 0.2) is 48.0 Å². The molecule has 3 aromatic rings. The quantitative estimate of drug-likeness (QED) is 0.199. The van der Waals surface area contributed by atoms with Crippen LogP contribution in [-0.4, -0.2) is 75.6 Å². The second kappa shape index (κ2) is 15.6. The number of piperidine rings is 1. The Morgan fingerprint density at radius 1 is 1.10 bits per heavy atom. The van der Waals surface area contributed by atoms with Crippen LogP contribution in [0.2, 0.25) is 5.02 Å². The first-order chi connectivity index (χ1) is 24.5. The summed E-state index contributed by atoms with van der Waals surface area (Å²) in [5.41, 5.74) is -2.83. The molecular weight excluding hydrogens is 740 g/mol. The van der Waals surface area contributed by atoms with Gasteiger partial charge in [-0.1, -0.05) is 31.0 Å². The number of fused-ring (bicyclic) bond motifs is 1. The minimum absolute atomic E-state index is 0.0219. The van der Waals surface area contributed by atoms with Crippen LogP contribution in [0.5, 0.6) is 5.75 Å². The van der Waals surface area contributed by atoms with Gasteiger partial charge in [0.05, 0.1) is 24.1 Å². The summed E-state index contributed by atoms with van der Waals surface area (Å²) >= 11 is 6.62. The average Bonchev–Trinajstić information content (AvgIpc) is 3.57. The number of halogens is 7. The number of pyridine rings is 1. The monoisotopic (exact) mass is 775 g/mol. The second-order valence-corrected chi connectivity index (χ2v) is 14.2. The van der Waals surface area contributed by atoms with Crippen LogP contribution in [-0.2, 0) is 39.6 Å². The third kappa shape index (κ3) is 8.18. The fraction of sp³-hybridized carbons (Fsp3) is 0.486. The summed E-state index contributed by atoms with van der Waals surface area (Å²) in [6.45, 7) is 1.39. The zero-order valence-corrected chi connectivity index (χ0v) is 29.7. The van der Waals surface area contributed by atoms with Crippen LogP contribution in [0.4, 0.5) is 26.3 Å². The zero-order chi connectivity index (χ0) is 38.0. The molecule has 1 unspecified atom stereocenters. The van der Waals surface area contributed by atoms with Crippen molar-refractivity contribution in [2.75, 3.05) is 20.3 Å². The van der Waals surface area contributed by atoms with Gasteiger partial charge in [0, 0.05) is 55.3 Å². The first kappa shape index (κ1) is 39.3. The minimum atomic E-state index is -4.94. The topological polar surface area (TPSA) is 109 Å². The second-order valence-electron chi connectivity index (χ2n) is 12.9. The number of methoxy groups -OCH3 is 1. The van der Waals surface area contributed by atoms with Gasteiger partial charge in [-0.3, -0.25) is 19.4 Å². The van der Waals surface area contributed by atoms with Crippen molar-refractivity contribution < 1.29 is 55.3 Å². The largest absolute Gasteiger partial charge is 0.481 e. The molecule has 1 N–H and O–H groups in total. The number of nitrogens with zero attached hydrogens (tertiary/aromatic N) is 3. The number of hydrogen-bond donors (Lipinski definition) is 1. The Hall–Kier alpha value is -3.89. The first-order valence-corrected chi connectivity index (χ1v) is 17.7. The van der Waals surface area contributed by atoms with Crippen molar-refractivity contribution >= 4 is 40.7 Å². The number of likely N-dealkylation sites (tertiary alicyclic amines) is 1. The van der Waals surface area contributed by atoms with Gasteiger partial charge >= 0.3 is 18.3 Å². The number of thiophene rings is 1. The van der Waals surface area contributed by atoms with Gasteiger partial charge in [-0.15, -0.1) is 11.3 Å². The Balaban J connectivity index is 1.66. The van der Waals surface area contributed by atoms with Crippen LogP contribution >= 0.6 is 22.9 Å². The van der Waals surface area contributed by atoms with Crippen LogP contribution < -0.4 is 4.74 Å². The number of aromatic nitrogens is 1. The number of benzene rings is 1. The molecule has 2 amide bonds. The van der Waals surface area contributed by atoms with Crippen molar-refractivity contribution in [3.05, 3.63) is 80.3 Å². The SMILES string of the molecule is CCC[C@H]1N(C(=O)c2ncccc2C(F)(F)F)CCC[C@@]1(Oc1csc(C(F)(F)F)c1)C(=O)N1Cc2ccc(Cl)cc2C[C@@H]1CC(COC)C(=O)O. The highest BCUT2D eigenvalue weighted by Gasteiger charge is 2.57. The van der Waals surface area contributed by atoms with E-state index in [1.807, 2.05) is 0 Å². The van der Waals surface area contributed by atoms with Gasteiger partial charge in [-0.2, -0.15) is 26.3 Å². The summed E-state index contributed by atoms with van der Waals surface area (Å²) in [5.74, 6) is -4.40. The molecule has 1 saturated heterocycles. The molecule has 0 radical (unpaired) electrons. The van der Waals surface area contributed by atoms with Crippen molar-refractivity contribution in [1.82, 2.24) is 14.8 Å². The van der Waals surface area contributed by atoms with Gasteiger partial charge in [0.15, 0.2) is 0 Å². The van der Waals surface area contributed by atoms with E-state index in [-0.39, 0.29) is 57.6 Å². The van der Waals surface area contributed by atoms with Gasteiger partial charge in [-0.25, -0.2) is 0 Å². The molecule has 0 aliphatic carbocycles. The van der Waals surface area contributed by atoms with Crippen LogP contribution in [0, 0.1) is 5.92 Å². The number of amides is 2. The van der Waals surface area contributed by atoms with E-state index in [1.54, 1.807) is 25.1 Å². The number of carboxylic acids is 1.